The molecule has 0 amide bonds. The molecule has 1 heterocycles. The van der Waals surface area contributed by atoms with Gasteiger partial charge in [0.25, 0.3) is 0 Å². The molecule has 0 aliphatic rings. The lowest BCUT2D eigenvalue weighted by Crippen LogP contribution is -1.78. The average Bonchev–Trinajstić information content (AvgIpc) is 2.59. The van der Waals surface area contributed by atoms with Crippen LogP contribution in [0.4, 0.5) is 0 Å². The lowest BCUT2D eigenvalue weighted by Gasteiger charge is -1.88. The number of carbonyl (C=O) groups is 1. The van der Waals surface area contributed by atoms with Crippen molar-refractivity contribution in [2.45, 2.75) is 0 Å². The van der Waals surface area contributed by atoms with Crippen LogP contribution < -0.4 is 0 Å². The molecule has 2 aromatic rings. The summed E-state index contributed by atoms with van der Waals surface area (Å²) >= 11 is 0. The van der Waals surface area contributed by atoms with E-state index in [2.05, 4.69) is 10.2 Å². The van der Waals surface area contributed by atoms with E-state index in [1.807, 2.05) is 6.07 Å². The second-order valence-electron chi connectivity index (χ2n) is 2.60. The highest BCUT2D eigenvalue weighted by molar-refractivity contribution is 5.95. The maximum absolute atomic E-state index is 10.5. The van der Waals surface area contributed by atoms with Crippen LogP contribution in [-0.2, 0) is 0 Å². The van der Waals surface area contributed by atoms with E-state index in [1.54, 1.807) is 18.2 Å². The number of hydrogen-bond acceptors (Lipinski definition) is 3. The van der Waals surface area contributed by atoms with Crippen LogP contribution in [0.3, 0.4) is 0 Å². The number of carbonyl (C=O) groups excluding carboxylic acids is 1. The molecule has 13 heavy (non-hydrogen) atoms. The molecule has 4 nitrogen and oxygen atoms in total. The highest BCUT2D eigenvalue weighted by Gasteiger charge is 2.03. The van der Waals surface area contributed by atoms with Gasteiger partial charge in [0.05, 0.1) is 17.1 Å². The van der Waals surface area contributed by atoms with Gasteiger partial charge in [-0.25, -0.2) is 0 Å². The smallest absolute Gasteiger partial charge is 0.168 e. The number of aldehydes is 1. The van der Waals surface area contributed by atoms with E-state index in [0.29, 0.717) is 23.1 Å². The monoisotopic (exact) mass is 171 g/mol. The van der Waals surface area contributed by atoms with Crippen molar-refractivity contribution in [1.29, 1.82) is 5.26 Å². The van der Waals surface area contributed by atoms with Crippen LogP contribution in [0.2, 0.25) is 0 Å². The molecule has 4 heteroatoms. The van der Waals surface area contributed by atoms with Crippen LogP contribution in [0, 0.1) is 11.3 Å². The zero-order chi connectivity index (χ0) is 9.26. The van der Waals surface area contributed by atoms with Gasteiger partial charge in [-0.05, 0) is 18.2 Å². The first-order chi connectivity index (χ1) is 6.35. The van der Waals surface area contributed by atoms with Gasteiger partial charge >= 0.3 is 0 Å². The first-order valence-electron chi connectivity index (χ1n) is 3.68. The standard InChI is InChI=1S/C9H5N3O/c10-4-6-1-2-7-8(3-6)11-12-9(7)5-13/h1-3,5H,(H,11,12). The summed E-state index contributed by atoms with van der Waals surface area (Å²) in [5.41, 5.74) is 1.62. The Morgan fingerprint density at radius 2 is 2.38 bits per heavy atom. The Bertz CT molecular complexity index is 507. The van der Waals surface area contributed by atoms with Crippen LogP contribution in [0.25, 0.3) is 10.9 Å². The second-order valence-corrected chi connectivity index (χ2v) is 2.60. The summed E-state index contributed by atoms with van der Waals surface area (Å²) in [6.45, 7) is 0. The van der Waals surface area contributed by atoms with E-state index < -0.39 is 0 Å². The Morgan fingerprint density at radius 3 is 3.08 bits per heavy atom. The lowest BCUT2D eigenvalue weighted by atomic mass is 10.1. The first-order valence-corrected chi connectivity index (χ1v) is 3.68. The highest BCUT2D eigenvalue weighted by Crippen LogP contribution is 2.15. The van der Waals surface area contributed by atoms with Crippen LogP contribution in [-0.4, -0.2) is 16.5 Å². The summed E-state index contributed by atoms with van der Waals surface area (Å²) in [6.07, 6.45) is 0.710. The fourth-order valence-corrected chi connectivity index (χ4v) is 1.19. The molecule has 0 radical (unpaired) electrons. The van der Waals surface area contributed by atoms with E-state index in [1.165, 1.54) is 0 Å². The molecule has 0 fully saturated rings. The van der Waals surface area contributed by atoms with Crippen molar-refractivity contribution in [3.8, 4) is 6.07 Å². The van der Waals surface area contributed by atoms with Gasteiger partial charge in [0.1, 0.15) is 5.69 Å². The van der Waals surface area contributed by atoms with Crippen LogP contribution in [0.5, 0.6) is 0 Å². The average molecular weight is 171 g/mol. The molecular formula is C9H5N3O. The molecule has 1 N–H and O–H groups in total. The third-order valence-electron chi connectivity index (χ3n) is 1.83. The predicted molar refractivity (Wildman–Crippen MR) is 46.2 cm³/mol. The molecule has 0 aliphatic carbocycles. The van der Waals surface area contributed by atoms with E-state index in [0.717, 1.165) is 5.39 Å². The van der Waals surface area contributed by atoms with Gasteiger partial charge in [0.15, 0.2) is 6.29 Å². The molecule has 0 saturated carbocycles. The molecule has 0 spiro atoms. The summed E-state index contributed by atoms with van der Waals surface area (Å²) in [6, 6.07) is 7.01. The number of H-pyrrole nitrogens is 1. The van der Waals surface area contributed by atoms with Crippen molar-refractivity contribution >= 4 is 17.2 Å². The minimum absolute atomic E-state index is 0.444. The largest absolute Gasteiger partial charge is 0.296 e. The van der Waals surface area contributed by atoms with E-state index in [4.69, 9.17) is 5.26 Å². The van der Waals surface area contributed by atoms with Gasteiger partial charge in [-0.15, -0.1) is 0 Å². The zero-order valence-electron chi connectivity index (χ0n) is 6.61. The first kappa shape index (κ1) is 7.50. The van der Waals surface area contributed by atoms with Crippen molar-refractivity contribution < 1.29 is 4.79 Å². The molecule has 62 valence electrons. The molecule has 0 unspecified atom stereocenters. The van der Waals surface area contributed by atoms with Gasteiger partial charge in [-0.1, -0.05) is 0 Å². The van der Waals surface area contributed by atoms with Gasteiger partial charge in [0.2, 0.25) is 0 Å². The second kappa shape index (κ2) is 2.72. The topological polar surface area (TPSA) is 69.5 Å². The van der Waals surface area contributed by atoms with Gasteiger partial charge < -0.3 is 0 Å². The maximum Gasteiger partial charge on any atom is 0.168 e. The SMILES string of the molecule is N#Cc1ccc2c(C=O)[nH]nc2c1. The number of fused-ring (bicyclic) bond motifs is 1. The van der Waals surface area contributed by atoms with Crippen molar-refractivity contribution in [3.63, 3.8) is 0 Å². The number of benzene rings is 1. The highest BCUT2D eigenvalue weighted by atomic mass is 16.1. The van der Waals surface area contributed by atoms with Crippen molar-refractivity contribution in [2.24, 2.45) is 0 Å². The molecule has 0 atom stereocenters. The van der Waals surface area contributed by atoms with Crippen LogP contribution in [0.1, 0.15) is 16.1 Å². The summed E-state index contributed by atoms with van der Waals surface area (Å²) < 4.78 is 0. The summed E-state index contributed by atoms with van der Waals surface area (Å²) in [5, 5.41) is 15.8. The number of aromatic nitrogens is 2. The third-order valence-corrected chi connectivity index (χ3v) is 1.83. The quantitative estimate of drug-likeness (QED) is 0.656. The normalized spacial score (nSPS) is 9.77. The number of nitriles is 1. The molecule has 0 aliphatic heterocycles. The number of aromatic amines is 1. The minimum atomic E-state index is 0.444. The number of hydrogen-bond donors (Lipinski definition) is 1. The Kier molecular flexibility index (Phi) is 1.57. The maximum atomic E-state index is 10.5. The van der Waals surface area contributed by atoms with Crippen LogP contribution in [0.15, 0.2) is 18.2 Å². The summed E-state index contributed by atoms with van der Waals surface area (Å²) in [5.74, 6) is 0. The number of nitrogens with one attached hydrogen (secondary N) is 1. The number of nitrogens with zero attached hydrogens (tertiary/aromatic N) is 2. The van der Waals surface area contributed by atoms with Gasteiger partial charge in [-0.2, -0.15) is 10.4 Å². The number of rotatable bonds is 1. The third kappa shape index (κ3) is 1.07. The minimum Gasteiger partial charge on any atom is -0.296 e. The summed E-state index contributed by atoms with van der Waals surface area (Å²) in [7, 11) is 0. The fraction of sp³-hybridized carbons (Fsp3) is 0. The van der Waals surface area contributed by atoms with Crippen molar-refractivity contribution in [3.05, 3.63) is 29.5 Å². The molecule has 2 rings (SSSR count). The Morgan fingerprint density at radius 1 is 1.54 bits per heavy atom. The molecule has 0 saturated heterocycles. The van der Waals surface area contributed by atoms with Gasteiger partial charge in [-0.3, -0.25) is 9.89 Å². The Hall–Kier alpha value is -2.15. The lowest BCUT2D eigenvalue weighted by molar-refractivity contribution is 0.112. The Labute approximate surface area is 73.8 Å². The van der Waals surface area contributed by atoms with Crippen molar-refractivity contribution in [1.82, 2.24) is 10.2 Å². The molecule has 1 aromatic heterocycles. The molecule has 0 bridgehead atoms. The molecular weight excluding hydrogens is 166 g/mol. The molecule has 1 aromatic carbocycles. The van der Waals surface area contributed by atoms with E-state index in [9.17, 15) is 4.79 Å². The summed E-state index contributed by atoms with van der Waals surface area (Å²) in [4.78, 5) is 10.5. The van der Waals surface area contributed by atoms with Crippen molar-refractivity contribution in [2.75, 3.05) is 0 Å². The van der Waals surface area contributed by atoms with E-state index in [-0.39, 0.29) is 0 Å². The van der Waals surface area contributed by atoms with Gasteiger partial charge in [0, 0.05) is 5.39 Å². The van der Waals surface area contributed by atoms with Crippen LogP contribution >= 0.6 is 0 Å². The fourth-order valence-electron chi connectivity index (χ4n) is 1.19. The Balaban J connectivity index is 2.76. The predicted octanol–water partition coefficient (Wildman–Crippen LogP) is 1.25. The van der Waals surface area contributed by atoms with E-state index >= 15 is 0 Å². The zero-order valence-corrected chi connectivity index (χ0v) is 6.61.